The van der Waals surface area contributed by atoms with Gasteiger partial charge in [-0.3, -0.25) is 4.79 Å². The van der Waals surface area contributed by atoms with Gasteiger partial charge in [-0.1, -0.05) is 0 Å². The fraction of sp³-hybridized carbons (Fsp3) is 0.286. The third-order valence-electron chi connectivity index (χ3n) is 1.41. The van der Waals surface area contributed by atoms with E-state index in [1.54, 1.807) is 0 Å². The Morgan fingerprint density at radius 3 is 2.92 bits per heavy atom. The van der Waals surface area contributed by atoms with Crippen molar-refractivity contribution in [3.63, 3.8) is 0 Å². The number of nitrogens with two attached hydrogens (primary N) is 1. The predicted octanol–water partition coefficient (Wildman–Crippen LogP) is 1.41. The van der Waals surface area contributed by atoms with Crippen LogP contribution in [0.25, 0.3) is 0 Å². The fourth-order valence-electron chi connectivity index (χ4n) is 0.824. The van der Waals surface area contributed by atoms with Gasteiger partial charge < -0.3 is 15.3 Å². The molecule has 3 N–H and O–H groups in total. The molecule has 1 unspecified atom stereocenters. The average molecular weight is 190 g/mol. The van der Waals surface area contributed by atoms with Gasteiger partial charge in [0.15, 0.2) is 5.22 Å². The van der Waals surface area contributed by atoms with Crippen LogP contribution < -0.4 is 5.73 Å². The molecular formula is C7H8ClNO3. The third-order valence-corrected chi connectivity index (χ3v) is 1.61. The molecule has 0 saturated heterocycles. The first-order valence-corrected chi connectivity index (χ1v) is 3.68. The van der Waals surface area contributed by atoms with Gasteiger partial charge in [0.05, 0.1) is 12.7 Å². The smallest absolute Gasteiger partial charge is 0.305 e. The number of carbonyl (C=O) groups is 1. The lowest BCUT2D eigenvalue weighted by molar-refractivity contribution is -0.137. The molecule has 0 aliphatic heterocycles. The van der Waals surface area contributed by atoms with E-state index in [0.29, 0.717) is 5.56 Å². The molecule has 1 heterocycles. The molecule has 0 radical (unpaired) electrons. The lowest BCUT2D eigenvalue weighted by Crippen LogP contribution is -2.13. The van der Waals surface area contributed by atoms with E-state index < -0.39 is 12.0 Å². The van der Waals surface area contributed by atoms with E-state index >= 15 is 0 Å². The predicted molar refractivity (Wildman–Crippen MR) is 42.9 cm³/mol. The average Bonchev–Trinajstić information content (AvgIpc) is 2.34. The second kappa shape index (κ2) is 3.60. The molecule has 0 aromatic carbocycles. The summed E-state index contributed by atoms with van der Waals surface area (Å²) in [6.07, 6.45) is 1.23. The molecular weight excluding hydrogens is 182 g/mol. The number of carboxylic acids is 1. The quantitative estimate of drug-likeness (QED) is 0.754. The molecule has 0 bridgehead atoms. The molecule has 4 nitrogen and oxygen atoms in total. The Bertz CT molecular complexity index is 284. The van der Waals surface area contributed by atoms with Crippen molar-refractivity contribution >= 4 is 17.6 Å². The zero-order valence-electron chi connectivity index (χ0n) is 6.16. The molecule has 12 heavy (non-hydrogen) atoms. The van der Waals surface area contributed by atoms with Gasteiger partial charge in [0.25, 0.3) is 0 Å². The minimum absolute atomic E-state index is 0.129. The first-order valence-electron chi connectivity index (χ1n) is 3.31. The molecule has 1 rings (SSSR count). The standard InChI is InChI=1S/C7H8ClNO3/c8-6-1-4(3-12-6)5(9)2-7(10)11/h1,3,5H,2,9H2,(H,10,11). The highest BCUT2D eigenvalue weighted by atomic mass is 35.5. The van der Waals surface area contributed by atoms with Crippen LogP contribution in [-0.2, 0) is 4.79 Å². The van der Waals surface area contributed by atoms with Crippen LogP contribution in [0.3, 0.4) is 0 Å². The molecule has 66 valence electrons. The molecule has 0 spiro atoms. The Balaban J connectivity index is 2.64. The van der Waals surface area contributed by atoms with Crippen LogP contribution in [0.5, 0.6) is 0 Å². The van der Waals surface area contributed by atoms with Crippen molar-refractivity contribution in [1.82, 2.24) is 0 Å². The van der Waals surface area contributed by atoms with E-state index in [1.165, 1.54) is 12.3 Å². The minimum atomic E-state index is -0.945. The maximum Gasteiger partial charge on any atom is 0.305 e. The van der Waals surface area contributed by atoms with Crippen LogP contribution in [0.15, 0.2) is 16.7 Å². The van der Waals surface area contributed by atoms with Gasteiger partial charge in [-0.15, -0.1) is 0 Å². The van der Waals surface area contributed by atoms with E-state index in [9.17, 15) is 4.79 Å². The van der Waals surface area contributed by atoms with E-state index in [1.807, 2.05) is 0 Å². The van der Waals surface area contributed by atoms with Crippen molar-refractivity contribution in [2.75, 3.05) is 0 Å². The number of furan rings is 1. The maximum atomic E-state index is 10.2. The Kier molecular flexibility index (Phi) is 2.73. The lowest BCUT2D eigenvalue weighted by Gasteiger charge is -2.03. The molecule has 0 fully saturated rings. The second-order valence-corrected chi connectivity index (χ2v) is 2.76. The fourth-order valence-corrected chi connectivity index (χ4v) is 0.994. The van der Waals surface area contributed by atoms with Crippen LogP contribution in [-0.4, -0.2) is 11.1 Å². The largest absolute Gasteiger partial charge is 0.481 e. The Labute approximate surface area is 73.9 Å². The summed E-state index contributed by atoms with van der Waals surface area (Å²) in [7, 11) is 0. The van der Waals surface area contributed by atoms with Gasteiger partial charge in [0.2, 0.25) is 0 Å². The van der Waals surface area contributed by atoms with Gasteiger partial charge in [0.1, 0.15) is 0 Å². The summed E-state index contributed by atoms with van der Waals surface area (Å²) < 4.78 is 4.76. The monoisotopic (exact) mass is 189 g/mol. The summed E-state index contributed by atoms with van der Waals surface area (Å²) in [5, 5.41) is 8.62. The molecule has 0 saturated carbocycles. The first-order chi connectivity index (χ1) is 5.59. The zero-order valence-corrected chi connectivity index (χ0v) is 6.91. The van der Waals surface area contributed by atoms with Crippen LogP contribution in [0, 0.1) is 0 Å². The Hall–Kier alpha value is -1.00. The Morgan fingerprint density at radius 2 is 2.50 bits per heavy atom. The molecule has 1 aromatic rings. The molecule has 0 aliphatic rings. The first kappa shape index (κ1) is 9.09. The van der Waals surface area contributed by atoms with Gasteiger partial charge in [0, 0.05) is 17.7 Å². The number of aliphatic carboxylic acids is 1. The zero-order chi connectivity index (χ0) is 9.14. The lowest BCUT2D eigenvalue weighted by atomic mass is 10.1. The summed E-state index contributed by atoms with van der Waals surface area (Å²) in [4.78, 5) is 10.2. The maximum absolute atomic E-state index is 10.2. The number of carboxylic acid groups (broad SMARTS) is 1. The third kappa shape index (κ3) is 2.25. The van der Waals surface area contributed by atoms with Crippen LogP contribution in [0.4, 0.5) is 0 Å². The summed E-state index contributed by atoms with van der Waals surface area (Å²) >= 11 is 5.47. The summed E-state index contributed by atoms with van der Waals surface area (Å²) in [6, 6.07) is 0.952. The van der Waals surface area contributed by atoms with Crippen molar-refractivity contribution in [3.8, 4) is 0 Å². The molecule has 0 aliphatic carbocycles. The van der Waals surface area contributed by atoms with Crippen molar-refractivity contribution in [2.24, 2.45) is 5.73 Å². The van der Waals surface area contributed by atoms with Gasteiger partial charge >= 0.3 is 5.97 Å². The molecule has 0 amide bonds. The van der Waals surface area contributed by atoms with Crippen molar-refractivity contribution in [1.29, 1.82) is 0 Å². The number of halogens is 1. The van der Waals surface area contributed by atoms with E-state index in [2.05, 4.69) is 0 Å². The second-order valence-electron chi connectivity index (χ2n) is 2.39. The number of hydrogen-bond donors (Lipinski definition) is 2. The molecule has 1 aromatic heterocycles. The van der Waals surface area contributed by atoms with Crippen LogP contribution in [0.2, 0.25) is 5.22 Å². The topological polar surface area (TPSA) is 76.5 Å². The molecule has 1 atom stereocenters. The SMILES string of the molecule is NC(CC(=O)O)c1coc(Cl)c1. The van der Waals surface area contributed by atoms with E-state index in [0.717, 1.165) is 0 Å². The highest BCUT2D eigenvalue weighted by Gasteiger charge is 2.12. The van der Waals surface area contributed by atoms with Crippen molar-refractivity contribution < 1.29 is 14.3 Å². The highest BCUT2D eigenvalue weighted by Crippen LogP contribution is 2.20. The summed E-state index contributed by atoms with van der Waals surface area (Å²) in [5.41, 5.74) is 6.11. The minimum Gasteiger partial charge on any atom is -0.481 e. The van der Waals surface area contributed by atoms with Crippen molar-refractivity contribution in [2.45, 2.75) is 12.5 Å². The summed E-state index contributed by atoms with van der Waals surface area (Å²) in [6.45, 7) is 0. The van der Waals surface area contributed by atoms with Gasteiger partial charge in [-0.25, -0.2) is 0 Å². The summed E-state index contributed by atoms with van der Waals surface area (Å²) in [5.74, 6) is -0.945. The van der Waals surface area contributed by atoms with Gasteiger partial charge in [-0.05, 0) is 11.6 Å². The van der Waals surface area contributed by atoms with Crippen molar-refractivity contribution in [3.05, 3.63) is 23.1 Å². The van der Waals surface area contributed by atoms with Crippen LogP contribution >= 0.6 is 11.6 Å². The number of hydrogen-bond acceptors (Lipinski definition) is 3. The van der Waals surface area contributed by atoms with E-state index in [-0.39, 0.29) is 11.6 Å². The van der Waals surface area contributed by atoms with Crippen LogP contribution in [0.1, 0.15) is 18.0 Å². The molecule has 5 heteroatoms. The Morgan fingerprint density at radius 1 is 1.83 bits per heavy atom. The normalized spacial score (nSPS) is 12.8. The number of rotatable bonds is 3. The van der Waals surface area contributed by atoms with Gasteiger partial charge in [-0.2, -0.15) is 0 Å². The van der Waals surface area contributed by atoms with E-state index in [4.69, 9.17) is 26.9 Å². The highest BCUT2D eigenvalue weighted by molar-refractivity contribution is 6.28.